The van der Waals surface area contributed by atoms with Crippen molar-refractivity contribution in [1.82, 2.24) is 0 Å². The van der Waals surface area contributed by atoms with Gasteiger partial charge < -0.3 is 10.2 Å². The quantitative estimate of drug-likeness (QED) is 0.414. The van der Waals surface area contributed by atoms with Gasteiger partial charge >= 0.3 is 0 Å². The molecule has 1 aromatic carbocycles. The zero-order valence-electron chi connectivity index (χ0n) is 16.7. The summed E-state index contributed by atoms with van der Waals surface area (Å²) in [6.07, 6.45) is 8.51. The van der Waals surface area contributed by atoms with E-state index >= 15 is 0 Å². The second-order valence-electron chi connectivity index (χ2n) is 9.60. The average molecular weight is 335 g/mol. The lowest BCUT2D eigenvalue weighted by Gasteiger charge is -2.19. The van der Waals surface area contributed by atoms with Crippen LogP contribution in [-0.2, 0) is 12.8 Å². The molecule has 0 aliphatic rings. The van der Waals surface area contributed by atoms with E-state index < -0.39 is 0 Å². The second kappa shape index (κ2) is 8.78. The molecule has 0 heterocycles. The number of phenols is 2. The molecule has 1 aromatic rings. The first-order valence-corrected chi connectivity index (χ1v) is 9.52. The number of phenolic OH excluding ortho intramolecular Hbond substituents is 2. The van der Waals surface area contributed by atoms with E-state index in [0.29, 0.717) is 22.3 Å². The van der Waals surface area contributed by atoms with E-state index in [-0.39, 0.29) is 0 Å². The molecular formula is C22H38O2. The molecule has 1 rings (SSSR count). The maximum Gasteiger partial charge on any atom is 0.119 e. The van der Waals surface area contributed by atoms with Gasteiger partial charge in [0.25, 0.3) is 0 Å². The van der Waals surface area contributed by atoms with Gasteiger partial charge in [-0.15, -0.1) is 0 Å². The van der Waals surface area contributed by atoms with Crippen LogP contribution in [0.2, 0.25) is 0 Å². The minimum atomic E-state index is 0.342. The SMILES string of the molecule is CC(C)(C)CCCCc1c(O)ccc(O)c1CCCCC(C)(C)C. The summed E-state index contributed by atoms with van der Waals surface area (Å²) in [6, 6.07) is 3.26. The molecule has 0 saturated carbocycles. The molecule has 0 atom stereocenters. The topological polar surface area (TPSA) is 40.5 Å². The van der Waals surface area contributed by atoms with E-state index in [0.717, 1.165) is 49.7 Å². The third kappa shape index (κ3) is 8.08. The highest BCUT2D eigenvalue weighted by atomic mass is 16.3. The molecule has 138 valence electrons. The van der Waals surface area contributed by atoms with Gasteiger partial charge in [0.15, 0.2) is 0 Å². The number of benzene rings is 1. The summed E-state index contributed by atoms with van der Waals surface area (Å²) in [7, 11) is 0. The summed E-state index contributed by atoms with van der Waals surface area (Å²) in [5.74, 6) is 0.684. The molecule has 0 spiro atoms. The summed E-state index contributed by atoms with van der Waals surface area (Å²) in [5.41, 5.74) is 2.63. The van der Waals surface area contributed by atoms with E-state index in [4.69, 9.17) is 0 Å². The molecule has 0 aromatic heterocycles. The van der Waals surface area contributed by atoms with Gasteiger partial charge in [0.2, 0.25) is 0 Å². The van der Waals surface area contributed by atoms with Crippen molar-refractivity contribution in [2.45, 2.75) is 92.9 Å². The fraction of sp³-hybridized carbons (Fsp3) is 0.727. The Kier molecular flexibility index (Phi) is 7.63. The van der Waals surface area contributed by atoms with Gasteiger partial charge in [-0.1, -0.05) is 54.4 Å². The highest BCUT2D eigenvalue weighted by Gasteiger charge is 2.15. The first-order valence-electron chi connectivity index (χ1n) is 9.52. The number of rotatable bonds is 8. The van der Waals surface area contributed by atoms with Crippen LogP contribution in [-0.4, -0.2) is 10.2 Å². The molecule has 0 fully saturated rings. The molecule has 0 bridgehead atoms. The predicted octanol–water partition coefficient (Wildman–Crippen LogP) is 6.62. The summed E-state index contributed by atoms with van der Waals surface area (Å²) in [5, 5.41) is 20.5. The van der Waals surface area contributed by atoms with E-state index in [9.17, 15) is 10.2 Å². The average Bonchev–Trinajstić information content (AvgIpc) is 2.42. The highest BCUT2D eigenvalue weighted by molar-refractivity contribution is 5.47. The third-order valence-electron chi connectivity index (χ3n) is 4.59. The lowest BCUT2D eigenvalue weighted by atomic mass is 9.87. The number of aromatic hydroxyl groups is 2. The Hall–Kier alpha value is -1.18. The van der Waals surface area contributed by atoms with Crippen molar-refractivity contribution in [3.63, 3.8) is 0 Å². The van der Waals surface area contributed by atoms with Gasteiger partial charge in [-0.05, 0) is 61.5 Å². The summed E-state index contributed by atoms with van der Waals surface area (Å²) in [6.45, 7) is 13.6. The molecule has 0 aliphatic heterocycles. The van der Waals surface area contributed by atoms with Crippen molar-refractivity contribution in [3.05, 3.63) is 23.3 Å². The Morgan fingerprint density at radius 3 is 1.25 bits per heavy atom. The molecule has 2 nitrogen and oxygen atoms in total. The fourth-order valence-electron chi connectivity index (χ4n) is 3.14. The standard InChI is InChI=1S/C22H38O2/c1-21(2,3)15-9-7-11-17-18(20(24)14-13-19(17)23)12-8-10-16-22(4,5)6/h13-14,23-24H,7-12,15-16H2,1-6H3. The van der Waals surface area contributed by atoms with Crippen LogP contribution in [0.4, 0.5) is 0 Å². The monoisotopic (exact) mass is 334 g/mol. The van der Waals surface area contributed by atoms with E-state index in [1.807, 2.05) is 0 Å². The van der Waals surface area contributed by atoms with Crippen LogP contribution in [0.3, 0.4) is 0 Å². The smallest absolute Gasteiger partial charge is 0.119 e. The molecule has 0 aliphatic carbocycles. The Morgan fingerprint density at radius 1 is 0.625 bits per heavy atom. The van der Waals surface area contributed by atoms with Gasteiger partial charge in [-0.2, -0.15) is 0 Å². The van der Waals surface area contributed by atoms with Gasteiger partial charge in [0.05, 0.1) is 0 Å². The molecular weight excluding hydrogens is 296 g/mol. The van der Waals surface area contributed by atoms with Crippen molar-refractivity contribution in [3.8, 4) is 11.5 Å². The van der Waals surface area contributed by atoms with E-state index in [1.54, 1.807) is 12.1 Å². The first kappa shape index (κ1) is 20.9. The van der Waals surface area contributed by atoms with Crippen LogP contribution in [0.5, 0.6) is 11.5 Å². The zero-order valence-corrected chi connectivity index (χ0v) is 16.7. The van der Waals surface area contributed by atoms with Gasteiger partial charge in [-0.25, -0.2) is 0 Å². The van der Waals surface area contributed by atoms with Crippen molar-refractivity contribution in [2.75, 3.05) is 0 Å². The third-order valence-corrected chi connectivity index (χ3v) is 4.59. The number of unbranched alkanes of at least 4 members (excludes halogenated alkanes) is 2. The van der Waals surface area contributed by atoms with E-state index in [1.165, 1.54) is 12.8 Å². The molecule has 0 unspecified atom stereocenters. The van der Waals surface area contributed by atoms with Crippen LogP contribution in [0.1, 0.15) is 91.2 Å². The van der Waals surface area contributed by atoms with Crippen LogP contribution in [0.25, 0.3) is 0 Å². The Morgan fingerprint density at radius 2 is 0.958 bits per heavy atom. The van der Waals surface area contributed by atoms with Crippen molar-refractivity contribution < 1.29 is 10.2 Å². The van der Waals surface area contributed by atoms with Gasteiger partial charge in [0.1, 0.15) is 11.5 Å². The normalized spacial score (nSPS) is 12.6. The summed E-state index contributed by atoms with van der Waals surface area (Å²) < 4.78 is 0. The maximum absolute atomic E-state index is 10.2. The van der Waals surface area contributed by atoms with Crippen molar-refractivity contribution in [2.24, 2.45) is 10.8 Å². The molecule has 2 N–H and O–H groups in total. The first-order chi connectivity index (χ1) is 11.0. The number of hydrogen-bond donors (Lipinski definition) is 2. The van der Waals surface area contributed by atoms with Crippen LogP contribution in [0.15, 0.2) is 12.1 Å². The highest BCUT2D eigenvalue weighted by Crippen LogP contribution is 2.33. The molecule has 0 amide bonds. The Labute approximate surface area is 149 Å². The molecule has 24 heavy (non-hydrogen) atoms. The zero-order chi connectivity index (χ0) is 18.4. The lowest BCUT2D eigenvalue weighted by Crippen LogP contribution is -2.05. The summed E-state index contributed by atoms with van der Waals surface area (Å²) in [4.78, 5) is 0. The van der Waals surface area contributed by atoms with E-state index in [2.05, 4.69) is 41.5 Å². The fourth-order valence-corrected chi connectivity index (χ4v) is 3.14. The van der Waals surface area contributed by atoms with Gasteiger partial charge in [0, 0.05) is 11.1 Å². The minimum Gasteiger partial charge on any atom is -0.508 e. The Balaban J connectivity index is 2.65. The van der Waals surface area contributed by atoms with Crippen molar-refractivity contribution >= 4 is 0 Å². The molecule has 0 saturated heterocycles. The minimum absolute atomic E-state index is 0.342. The van der Waals surface area contributed by atoms with Crippen LogP contribution >= 0.6 is 0 Å². The number of hydrogen-bond acceptors (Lipinski definition) is 2. The molecule has 0 radical (unpaired) electrons. The Bertz CT molecular complexity index is 457. The van der Waals surface area contributed by atoms with Crippen LogP contribution in [0, 0.1) is 10.8 Å². The van der Waals surface area contributed by atoms with Gasteiger partial charge in [-0.3, -0.25) is 0 Å². The lowest BCUT2D eigenvalue weighted by molar-refractivity contribution is 0.357. The predicted molar refractivity (Wildman–Crippen MR) is 104 cm³/mol. The summed E-state index contributed by atoms with van der Waals surface area (Å²) >= 11 is 0. The maximum atomic E-state index is 10.2. The largest absolute Gasteiger partial charge is 0.508 e. The van der Waals surface area contributed by atoms with Crippen molar-refractivity contribution in [1.29, 1.82) is 0 Å². The van der Waals surface area contributed by atoms with Crippen LogP contribution < -0.4 is 0 Å². The molecule has 2 heteroatoms. The second-order valence-corrected chi connectivity index (χ2v) is 9.60.